The molecule has 0 amide bonds. The molecule has 0 bridgehead atoms. The van der Waals surface area contributed by atoms with Gasteiger partial charge in [-0.1, -0.05) is 13.8 Å². The van der Waals surface area contributed by atoms with Crippen LogP contribution in [-0.4, -0.2) is 29.1 Å². The summed E-state index contributed by atoms with van der Waals surface area (Å²) >= 11 is 8.68. The minimum Gasteiger partial charge on any atom is -0.481 e. The van der Waals surface area contributed by atoms with Gasteiger partial charge in [-0.25, -0.2) is 0 Å². The van der Waals surface area contributed by atoms with Crippen LogP contribution in [0.3, 0.4) is 0 Å². The molecule has 6 heteroatoms. The number of carboxylic acids is 1. The third kappa shape index (κ3) is 3.06. The molecular weight excluding hydrogens is 394 g/mol. The lowest BCUT2D eigenvalue weighted by molar-refractivity contribution is -0.151. The molecule has 0 saturated carbocycles. The minimum absolute atomic E-state index is 0.164. The molecule has 1 aliphatic rings. The molecule has 1 unspecified atom stereocenters. The number of hydrogen-bond donors (Lipinski definition) is 1. The third-order valence-electron chi connectivity index (χ3n) is 3.99. The molecule has 1 N–H and O–H groups in total. The summed E-state index contributed by atoms with van der Waals surface area (Å²) < 4.78 is 2.16. The zero-order valence-corrected chi connectivity index (χ0v) is 14.9. The molecule has 1 fully saturated rings. The van der Waals surface area contributed by atoms with Gasteiger partial charge in [0, 0.05) is 22.4 Å². The van der Waals surface area contributed by atoms with E-state index in [2.05, 4.69) is 42.8 Å². The van der Waals surface area contributed by atoms with Gasteiger partial charge < -0.3 is 5.11 Å². The Morgan fingerprint density at radius 3 is 2.68 bits per heavy atom. The van der Waals surface area contributed by atoms with Crippen molar-refractivity contribution in [1.82, 2.24) is 4.90 Å². The summed E-state index contributed by atoms with van der Waals surface area (Å²) in [6.07, 6.45) is 0.744. The van der Waals surface area contributed by atoms with Crippen LogP contribution in [0.5, 0.6) is 0 Å². The monoisotopic (exact) mass is 409 g/mol. The van der Waals surface area contributed by atoms with E-state index < -0.39 is 11.4 Å². The number of carbonyl (C=O) groups is 1. The second kappa shape index (κ2) is 5.84. The molecule has 0 aliphatic carbocycles. The van der Waals surface area contributed by atoms with Crippen LogP contribution in [0.1, 0.15) is 25.1 Å². The molecule has 0 spiro atoms. The summed E-state index contributed by atoms with van der Waals surface area (Å²) in [5.74, 6) is -0.490. The van der Waals surface area contributed by atoms with Gasteiger partial charge in [0.15, 0.2) is 0 Å². The molecular formula is C13H17Br2NO2S. The van der Waals surface area contributed by atoms with E-state index in [0.29, 0.717) is 6.54 Å². The largest absolute Gasteiger partial charge is 0.481 e. The maximum atomic E-state index is 11.6. The number of aliphatic carboxylic acids is 1. The molecule has 1 atom stereocenters. The number of likely N-dealkylation sites (tertiary alicyclic amines) is 1. The molecule has 2 heterocycles. The summed E-state index contributed by atoms with van der Waals surface area (Å²) in [6.45, 7) is 6.35. The second-order valence-electron chi connectivity index (χ2n) is 5.41. The van der Waals surface area contributed by atoms with Crippen molar-refractivity contribution < 1.29 is 9.90 Å². The van der Waals surface area contributed by atoms with E-state index in [1.165, 1.54) is 4.88 Å². The maximum absolute atomic E-state index is 11.6. The molecule has 19 heavy (non-hydrogen) atoms. The number of halogens is 2. The molecule has 3 nitrogen and oxygen atoms in total. The quantitative estimate of drug-likeness (QED) is 0.808. The summed E-state index contributed by atoms with van der Waals surface area (Å²) in [4.78, 5) is 15.1. The zero-order valence-electron chi connectivity index (χ0n) is 10.9. The van der Waals surface area contributed by atoms with Gasteiger partial charge in [0.1, 0.15) is 0 Å². The highest BCUT2D eigenvalue weighted by Crippen LogP contribution is 2.40. The number of nitrogens with zero attached hydrogens (tertiary/aromatic N) is 1. The van der Waals surface area contributed by atoms with Crippen LogP contribution in [-0.2, 0) is 11.3 Å². The van der Waals surface area contributed by atoms with Crippen molar-refractivity contribution in [3.8, 4) is 0 Å². The van der Waals surface area contributed by atoms with Crippen LogP contribution in [0.15, 0.2) is 14.3 Å². The fourth-order valence-electron chi connectivity index (χ4n) is 2.63. The van der Waals surface area contributed by atoms with Crippen LogP contribution < -0.4 is 0 Å². The van der Waals surface area contributed by atoms with E-state index in [-0.39, 0.29) is 5.92 Å². The van der Waals surface area contributed by atoms with Crippen LogP contribution >= 0.6 is 43.2 Å². The average Bonchev–Trinajstić information content (AvgIpc) is 2.85. The maximum Gasteiger partial charge on any atom is 0.311 e. The van der Waals surface area contributed by atoms with E-state index in [0.717, 1.165) is 27.8 Å². The Balaban J connectivity index is 2.07. The van der Waals surface area contributed by atoms with Gasteiger partial charge in [0.25, 0.3) is 0 Å². The third-order valence-corrected chi connectivity index (χ3v) is 7.23. The SMILES string of the molecule is CC(C)C1(C(=O)O)CCN(Cc2cc(Br)c(Br)s2)C1. The van der Waals surface area contributed by atoms with Gasteiger partial charge in [-0.05, 0) is 56.8 Å². The van der Waals surface area contributed by atoms with Crippen LogP contribution in [0.2, 0.25) is 0 Å². The van der Waals surface area contributed by atoms with E-state index in [1.54, 1.807) is 11.3 Å². The number of carboxylic acid groups (broad SMARTS) is 1. The smallest absolute Gasteiger partial charge is 0.311 e. The molecule has 2 rings (SSSR count). The number of thiophene rings is 1. The van der Waals surface area contributed by atoms with Crippen LogP contribution in [0.4, 0.5) is 0 Å². The highest BCUT2D eigenvalue weighted by atomic mass is 79.9. The van der Waals surface area contributed by atoms with Crippen molar-refractivity contribution in [2.24, 2.45) is 11.3 Å². The zero-order chi connectivity index (χ0) is 14.2. The Morgan fingerprint density at radius 2 is 2.26 bits per heavy atom. The molecule has 0 radical (unpaired) electrons. The van der Waals surface area contributed by atoms with E-state index in [1.807, 2.05) is 13.8 Å². The van der Waals surface area contributed by atoms with E-state index in [4.69, 9.17) is 0 Å². The van der Waals surface area contributed by atoms with Gasteiger partial charge in [0.05, 0.1) is 9.20 Å². The fraction of sp³-hybridized carbons (Fsp3) is 0.615. The standard InChI is InChI=1S/C13H17Br2NO2S/c1-8(2)13(12(17)18)3-4-16(7-13)6-9-5-10(14)11(15)19-9/h5,8H,3-4,6-7H2,1-2H3,(H,17,18). The summed E-state index contributed by atoms with van der Waals surface area (Å²) in [5, 5.41) is 9.53. The van der Waals surface area contributed by atoms with Gasteiger partial charge >= 0.3 is 5.97 Å². The lowest BCUT2D eigenvalue weighted by Gasteiger charge is -2.28. The van der Waals surface area contributed by atoms with Crippen molar-refractivity contribution >= 4 is 49.2 Å². The van der Waals surface area contributed by atoms with Gasteiger partial charge in [-0.3, -0.25) is 9.69 Å². The topological polar surface area (TPSA) is 40.5 Å². The number of rotatable bonds is 4. The molecule has 1 aliphatic heterocycles. The first-order chi connectivity index (χ1) is 8.85. The van der Waals surface area contributed by atoms with Crippen LogP contribution in [0.25, 0.3) is 0 Å². The summed E-state index contributed by atoms with van der Waals surface area (Å²) in [5.41, 5.74) is -0.578. The van der Waals surface area contributed by atoms with Gasteiger partial charge in [0.2, 0.25) is 0 Å². The first-order valence-corrected chi connectivity index (χ1v) is 8.65. The predicted octanol–water partition coefficient (Wildman–Crippen LogP) is 4.21. The second-order valence-corrected chi connectivity index (χ2v) is 8.72. The average molecular weight is 411 g/mol. The molecule has 106 valence electrons. The van der Waals surface area contributed by atoms with Crippen molar-refractivity contribution in [2.75, 3.05) is 13.1 Å². The Hall–Kier alpha value is 0.0900. The van der Waals surface area contributed by atoms with Crippen molar-refractivity contribution in [1.29, 1.82) is 0 Å². The van der Waals surface area contributed by atoms with E-state index >= 15 is 0 Å². The Morgan fingerprint density at radius 1 is 1.58 bits per heavy atom. The first kappa shape index (κ1) is 15.5. The first-order valence-electron chi connectivity index (χ1n) is 6.24. The van der Waals surface area contributed by atoms with Gasteiger partial charge in [-0.15, -0.1) is 11.3 Å². The fourth-order valence-corrected chi connectivity index (χ4v) is 4.85. The lowest BCUT2D eigenvalue weighted by Crippen LogP contribution is -2.39. The predicted molar refractivity (Wildman–Crippen MR) is 84.5 cm³/mol. The Bertz CT molecular complexity index is 469. The molecule has 1 aromatic heterocycles. The normalized spacial score (nSPS) is 24.3. The highest BCUT2D eigenvalue weighted by molar-refractivity contribution is 9.13. The van der Waals surface area contributed by atoms with Crippen molar-refractivity contribution in [3.05, 3.63) is 19.2 Å². The number of hydrogen-bond acceptors (Lipinski definition) is 3. The van der Waals surface area contributed by atoms with Gasteiger partial charge in [-0.2, -0.15) is 0 Å². The Kier molecular flexibility index (Phi) is 4.75. The van der Waals surface area contributed by atoms with Crippen molar-refractivity contribution in [2.45, 2.75) is 26.8 Å². The van der Waals surface area contributed by atoms with Crippen LogP contribution in [0, 0.1) is 11.3 Å². The molecule has 1 aromatic rings. The molecule has 0 aromatic carbocycles. The van der Waals surface area contributed by atoms with E-state index in [9.17, 15) is 9.90 Å². The minimum atomic E-state index is -0.654. The lowest BCUT2D eigenvalue weighted by atomic mass is 9.76. The highest BCUT2D eigenvalue weighted by Gasteiger charge is 2.47. The summed E-state index contributed by atoms with van der Waals surface area (Å²) in [6, 6.07) is 2.10. The summed E-state index contributed by atoms with van der Waals surface area (Å²) in [7, 11) is 0. The Labute approximate surface area is 134 Å². The van der Waals surface area contributed by atoms with Crippen molar-refractivity contribution in [3.63, 3.8) is 0 Å². The molecule has 1 saturated heterocycles.